The molecule has 0 aromatic carbocycles. The second kappa shape index (κ2) is 3.01. The molecule has 0 radical (unpaired) electrons. The molecule has 2 heterocycles. The monoisotopic (exact) mass is 174 g/mol. The highest BCUT2D eigenvalue weighted by Crippen LogP contribution is 2.22. The molecule has 0 amide bonds. The van der Waals surface area contributed by atoms with Crippen molar-refractivity contribution in [3.05, 3.63) is 35.8 Å². The second-order valence-corrected chi connectivity index (χ2v) is 3.02. The highest BCUT2D eigenvalue weighted by Gasteiger charge is 2.05. The number of hydrogen-bond acceptors (Lipinski definition) is 3. The van der Waals surface area contributed by atoms with Gasteiger partial charge in [0.15, 0.2) is 5.76 Å². The average molecular weight is 174 g/mol. The van der Waals surface area contributed by atoms with Gasteiger partial charge in [0.05, 0.1) is 5.69 Å². The van der Waals surface area contributed by atoms with Crippen molar-refractivity contribution in [3.63, 3.8) is 0 Å². The minimum absolute atomic E-state index is 0.803. The largest absolute Gasteiger partial charge is 0.356 e. The van der Waals surface area contributed by atoms with Crippen molar-refractivity contribution >= 4 is 0 Å². The maximum atomic E-state index is 5.15. The molecule has 3 heteroatoms. The second-order valence-electron chi connectivity index (χ2n) is 3.02. The summed E-state index contributed by atoms with van der Waals surface area (Å²) >= 11 is 0. The van der Waals surface area contributed by atoms with Gasteiger partial charge in [0, 0.05) is 24.0 Å². The molecule has 0 fully saturated rings. The summed E-state index contributed by atoms with van der Waals surface area (Å²) in [4.78, 5) is 4.02. The van der Waals surface area contributed by atoms with Gasteiger partial charge in [-0.1, -0.05) is 5.16 Å². The number of aryl methyl sites for hydroxylation is 2. The predicted molar refractivity (Wildman–Crippen MR) is 49.2 cm³/mol. The standard InChI is InChI=1S/C10H10N2O/c1-7-6-11-4-3-9(7)10-5-8(2)12-13-10/h3-6H,1-2H3. The summed E-state index contributed by atoms with van der Waals surface area (Å²) in [5, 5.41) is 3.84. The first-order valence-corrected chi connectivity index (χ1v) is 4.11. The van der Waals surface area contributed by atoms with Crippen LogP contribution in [0.2, 0.25) is 0 Å². The Labute approximate surface area is 76.4 Å². The van der Waals surface area contributed by atoms with Gasteiger partial charge in [-0.05, 0) is 25.5 Å². The Morgan fingerprint density at radius 3 is 2.77 bits per heavy atom. The fraction of sp³-hybridized carbons (Fsp3) is 0.200. The van der Waals surface area contributed by atoms with Crippen LogP contribution in [0.25, 0.3) is 11.3 Å². The van der Waals surface area contributed by atoms with E-state index < -0.39 is 0 Å². The Hall–Kier alpha value is -1.64. The van der Waals surface area contributed by atoms with Crippen LogP contribution in [0.5, 0.6) is 0 Å². The maximum Gasteiger partial charge on any atom is 0.167 e. The summed E-state index contributed by atoms with van der Waals surface area (Å²) in [6.45, 7) is 3.91. The SMILES string of the molecule is Cc1cc(-c2ccncc2C)on1. The maximum absolute atomic E-state index is 5.15. The van der Waals surface area contributed by atoms with Gasteiger partial charge in [0.25, 0.3) is 0 Å². The smallest absolute Gasteiger partial charge is 0.167 e. The van der Waals surface area contributed by atoms with Crippen LogP contribution >= 0.6 is 0 Å². The lowest BCUT2D eigenvalue weighted by molar-refractivity contribution is 0.427. The molecule has 0 bridgehead atoms. The lowest BCUT2D eigenvalue weighted by Gasteiger charge is -1.97. The molecule has 0 aliphatic rings. The van der Waals surface area contributed by atoms with Gasteiger partial charge < -0.3 is 4.52 Å². The molecule has 0 saturated heterocycles. The third-order valence-corrected chi connectivity index (χ3v) is 1.91. The number of aromatic nitrogens is 2. The van der Waals surface area contributed by atoms with E-state index in [4.69, 9.17) is 4.52 Å². The number of nitrogens with zero attached hydrogens (tertiary/aromatic N) is 2. The van der Waals surface area contributed by atoms with Crippen molar-refractivity contribution in [3.8, 4) is 11.3 Å². The number of pyridine rings is 1. The zero-order valence-electron chi connectivity index (χ0n) is 7.61. The van der Waals surface area contributed by atoms with E-state index in [0.29, 0.717) is 0 Å². The van der Waals surface area contributed by atoms with Gasteiger partial charge >= 0.3 is 0 Å². The van der Waals surface area contributed by atoms with Crippen molar-refractivity contribution in [2.45, 2.75) is 13.8 Å². The molecule has 2 rings (SSSR count). The van der Waals surface area contributed by atoms with Crippen LogP contribution in [-0.4, -0.2) is 10.1 Å². The Bertz CT molecular complexity index is 420. The van der Waals surface area contributed by atoms with Gasteiger partial charge in [-0.15, -0.1) is 0 Å². The van der Waals surface area contributed by atoms with Crippen molar-refractivity contribution in [2.24, 2.45) is 0 Å². The minimum Gasteiger partial charge on any atom is -0.356 e. The van der Waals surface area contributed by atoms with E-state index >= 15 is 0 Å². The summed E-state index contributed by atoms with van der Waals surface area (Å²) in [7, 11) is 0. The molecule has 0 N–H and O–H groups in total. The third kappa shape index (κ3) is 1.45. The molecular formula is C10H10N2O. The number of hydrogen-bond donors (Lipinski definition) is 0. The summed E-state index contributed by atoms with van der Waals surface area (Å²) in [6.07, 6.45) is 3.56. The molecule has 13 heavy (non-hydrogen) atoms. The first-order valence-electron chi connectivity index (χ1n) is 4.11. The van der Waals surface area contributed by atoms with Crippen molar-refractivity contribution in [2.75, 3.05) is 0 Å². The van der Waals surface area contributed by atoms with E-state index in [0.717, 1.165) is 22.6 Å². The fourth-order valence-electron chi connectivity index (χ4n) is 1.24. The van der Waals surface area contributed by atoms with Crippen LogP contribution in [0.4, 0.5) is 0 Å². The molecule has 0 spiro atoms. The first kappa shape index (κ1) is 7.98. The van der Waals surface area contributed by atoms with Crippen LogP contribution in [0.15, 0.2) is 29.0 Å². The van der Waals surface area contributed by atoms with Gasteiger partial charge in [-0.25, -0.2) is 0 Å². The van der Waals surface area contributed by atoms with E-state index in [9.17, 15) is 0 Å². The quantitative estimate of drug-likeness (QED) is 0.666. The molecule has 0 unspecified atom stereocenters. The topological polar surface area (TPSA) is 38.9 Å². The van der Waals surface area contributed by atoms with E-state index in [2.05, 4.69) is 10.1 Å². The molecule has 0 saturated carbocycles. The molecule has 2 aromatic heterocycles. The molecule has 0 atom stereocenters. The van der Waals surface area contributed by atoms with E-state index in [1.165, 1.54) is 0 Å². The summed E-state index contributed by atoms with van der Waals surface area (Å²) in [6, 6.07) is 3.84. The Balaban J connectivity index is 2.52. The van der Waals surface area contributed by atoms with Crippen LogP contribution in [0.1, 0.15) is 11.3 Å². The van der Waals surface area contributed by atoms with Crippen molar-refractivity contribution in [1.29, 1.82) is 0 Å². The van der Waals surface area contributed by atoms with E-state index in [1.807, 2.05) is 32.2 Å². The molecule has 66 valence electrons. The Kier molecular flexibility index (Phi) is 1.85. The normalized spacial score (nSPS) is 10.3. The molecular weight excluding hydrogens is 164 g/mol. The summed E-state index contributed by atoms with van der Waals surface area (Å²) in [5.41, 5.74) is 3.04. The zero-order valence-corrected chi connectivity index (χ0v) is 7.61. The highest BCUT2D eigenvalue weighted by atomic mass is 16.5. The number of rotatable bonds is 1. The highest BCUT2D eigenvalue weighted by molar-refractivity contribution is 5.60. The molecule has 0 aliphatic carbocycles. The zero-order chi connectivity index (χ0) is 9.26. The van der Waals surface area contributed by atoms with Crippen LogP contribution in [0, 0.1) is 13.8 Å². The van der Waals surface area contributed by atoms with Gasteiger partial charge in [0.1, 0.15) is 0 Å². The average Bonchev–Trinajstić information content (AvgIpc) is 2.53. The molecule has 0 aliphatic heterocycles. The molecule has 3 nitrogen and oxygen atoms in total. The van der Waals surface area contributed by atoms with Crippen molar-refractivity contribution in [1.82, 2.24) is 10.1 Å². The third-order valence-electron chi connectivity index (χ3n) is 1.91. The summed E-state index contributed by atoms with van der Waals surface area (Å²) < 4.78 is 5.15. The van der Waals surface area contributed by atoms with Crippen molar-refractivity contribution < 1.29 is 4.52 Å². The fourth-order valence-corrected chi connectivity index (χ4v) is 1.24. The van der Waals surface area contributed by atoms with E-state index in [-0.39, 0.29) is 0 Å². The van der Waals surface area contributed by atoms with Crippen LogP contribution in [0.3, 0.4) is 0 Å². The van der Waals surface area contributed by atoms with E-state index in [1.54, 1.807) is 6.20 Å². The Morgan fingerprint density at radius 1 is 1.31 bits per heavy atom. The van der Waals surface area contributed by atoms with Gasteiger partial charge in [0.2, 0.25) is 0 Å². The van der Waals surface area contributed by atoms with Crippen LogP contribution in [-0.2, 0) is 0 Å². The van der Waals surface area contributed by atoms with Gasteiger partial charge in [-0.3, -0.25) is 4.98 Å². The summed E-state index contributed by atoms with van der Waals surface area (Å²) in [5.74, 6) is 0.803. The molecule has 2 aromatic rings. The minimum atomic E-state index is 0.803. The lowest BCUT2D eigenvalue weighted by atomic mass is 10.1. The first-order chi connectivity index (χ1) is 6.27. The Morgan fingerprint density at radius 2 is 2.15 bits per heavy atom. The van der Waals surface area contributed by atoms with Gasteiger partial charge in [-0.2, -0.15) is 0 Å². The lowest BCUT2D eigenvalue weighted by Crippen LogP contribution is -1.81. The van der Waals surface area contributed by atoms with Crippen LogP contribution < -0.4 is 0 Å². The predicted octanol–water partition coefficient (Wildman–Crippen LogP) is 2.35.